The predicted molar refractivity (Wildman–Crippen MR) is 74.5 cm³/mol. The summed E-state index contributed by atoms with van der Waals surface area (Å²) in [6.45, 7) is 3.15. The standard InChI is InChI=1S/C13H14N4OS/c18-12(11-1-3-14-4-2-11)16-6-8-17(9-7-16)13-15-5-10-19-13/h1-5,10H,6-9H2. The molecule has 0 bridgehead atoms. The molecule has 6 heteroatoms. The van der Waals surface area contributed by atoms with Crippen LogP contribution in [0.3, 0.4) is 0 Å². The SMILES string of the molecule is O=C(c1ccncc1)N1CCN(c2nccs2)CC1. The van der Waals surface area contributed by atoms with E-state index in [1.54, 1.807) is 35.9 Å². The number of anilines is 1. The molecule has 1 fully saturated rings. The van der Waals surface area contributed by atoms with Gasteiger partial charge in [-0.05, 0) is 12.1 Å². The van der Waals surface area contributed by atoms with Crippen molar-refractivity contribution in [1.82, 2.24) is 14.9 Å². The lowest BCUT2D eigenvalue weighted by atomic mass is 10.2. The highest BCUT2D eigenvalue weighted by Crippen LogP contribution is 2.19. The summed E-state index contributed by atoms with van der Waals surface area (Å²) in [7, 11) is 0. The maximum Gasteiger partial charge on any atom is 0.254 e. The average molecular weight is 274 g/mol. The van der Waals surface area contributed by atoms with Gasteiger partial charge in [-0.1, -0.05) is 0 Å². The van der Waals surface area contributed by atoms with Gasteiger partial charge in [0.15, 0.2) is 5.13 Å². The number of hydrogen-bond acceptors (Lipinski definition) is 5. The van der Waals surface area contributed by atoms with E-state index < -0.39 is 0 Å². The Hall–Kier alpha value is -1.95. The van der Waals surface area contributed by atoms with E-state index in [1.807, 2.05) is 16.5 Å². The van der Waals surface area contributed by atoms with Crippen LogP contribution in [-0.4, -0.2) is 47.0 Å². The third-order valence-corrected chi connectivity index (χ3v) is 4.02. The van der Waals surface area contributed by atoms with Gasteiger partial charge in [0.2, 0.25) is 0 Å². The summed E-state index contributed by atoms with van der Waals surface area (Å²) in [6.07, 6.45) is 5.12. The molecule has 1 saturated heterocycles. The number of aromatic nitrogens is 2. The maximum atomic E-state index is 12.3. The van der Waals surface area contributed by atoms with E-state index in [0.717, 1.165) is 31.3 Å². The second kappa shape index (κ2) is 5.36. The summed E-state index contributed by atoms with van der Waals surface area (Å²) in [5, 5.41) is 3.01. The number of carbonyl (C=O) groups is 1. The van der Waals surface area contributed by atoms with Crippen LogP contribution in [0.4, 0.5) is 5.13 Å². The highest BCUT2D eigenvalue weighted by Gasteiger charge is 2.22. The molecule has 0 spiro atoms. The van der Waals surface area contributed by atoms with Gasteiger partial charge >= 0.3 is 0 Å². The van der Waals surface area contributed by atoms with Crippen molar-refractivity contribution < 1.29 is 4.79 Å². The Kier molecular flexibility index (Phi) is 3.41. The Bertz CT molecular complexity index is 535. The topological polar surface area (TPSA) is 49.3 Å². The third-order valence-electron chi connectivity index (χ3n) is 3.18. The Labute approximate surface area is 115 Å². The molecule has 0 saturated carbocycles. The Morgan fingerprint density at radius 3 is 2.47 bits per heavy atom. The fourth-order valence-corrected chi connectivity index (χ4v) is 2.85. The van der Waals surface area contributed by atoms with E-state index in [-0.39, 0.29) is 5.91 Å². The molecule has 1 amide bonds. The summed E-state index contributed by atoms with van der Waals surface area (Å²) >= 11 is 1.64. The minimum Gasteiger partial charge on any atom is -0.345 e. The van der Waals surface area contributed by atoms with Crippen LogP contribution in [0.15, 0.2) is 36.1 Å². The molecule has 0 aliphatic carbocycles. The van der Waals surface area contributed by atoms with Gasteiger partial charge in [0, 0.05) is 55.7 Å². The average Bonchev–Trinajstić information content (AvgIpc) is 3.02. The first-order valence-corrected chi connectivity index (χ1v) is 7.06. The van der Waals surface area contributed by atoms with Gasteiger partial charge < -0.3 is 9.80 Å². The maximum absolute atomic E-state index is 12.3. The molecule has 1 aliphatic rings. The molecule has 0 atom stereocenters. The van der Waals surface area contributed by atoms with E-state index in [1.165, 1.54) is 0 Å². The molecule has 0 radical (unpaired) electrons. The van der Waals surface area contributed by atoms with Gasteiger partial charge in [-0.3, -0.25) is 9.78 Å². The van der Waals surface area contributed by atoms with Crippen molar-refractivity contribution in [2.24, 2.45) is 0 Å². The van der Waals surface area contributed by atoms with Crippen LogP contribution >= 0.6 is 11.3 Å². The molecule has 3 heterocycles. The van der Waals surface area contributed by atoms with Crippen LogP contribution in [-0.2, 0) is 0 Å². The van der Waals surface area contributed by atoms with Gasteiger partial charge in [-0.2, -0.15) is 0 Å². The number of amides is 1. The number of thiazole rings is 1. The smallest absolute Gasteiger partial charge is 0.254 e. The van der Waals surface area contributed by atoms with E-state index in [0.29, 0.717) is 5.56 Å². The number of hydrogen-bond donors (Lipinski definition) is 0. The van der Waals surface area contributed by atoms with Crippen molar-refractivity contribution in [3.05, 3.63) is 41.7 Å². The summed E-state index contributed by atoms with van der Waals surface area (Å²) in [5.74, 6) is 0.0844. The Balaban J connectivity index is 1.63. The van der Waals surface area contributed by atoms with Gasteiger partial charge in [0.25, 0.3) is 5.91 Å². The van der Waals surface area contributed by atoms with Crippen molar-refractivity contribution in [3.8, 4) is 0 Å². The first-order chi connectivity index (χ1) is 9.34. The first-order valence-electron chi connectivity index (χ1n) is 6.18. The molecule has 0 unspecified atom stereocenters. The molecule has 5 nitrogen and oxygen atoms in total. The lowest BCUT2D eigenvalue weighted by Gasteiger charge is -2.34. The number of piperazine rings is 1. The van der Waals surface area contributed by atoms with Crippen molar-refractivity contribution >= 4 is 22.4 Å². The molecule has 19 heavy (non-hydrogen) atoms. The monoisotopic (exact) mass is 274 g/mol. The lowest BCUT2D eigenvalue weighted by Crippen LogP contribution is -2.48. The van der Waals surface area contributed by atoms with Crippen LogP contribution in [0.1, 0.15) is 10.4 Å². The predicted octanol–water partition coefficient (Wildman–Crippen LogP) is 1.50. The van der Waals surface area contributed by atoms with Gasteiger partial charge in [-0.15, -0.1) is 11.3 Å². The molecular weight excluding hydrogens is 260 g/mol. The largest absolute Gasteiger partial charge is 0.345 e. The summed E-state index contributed by atoms with van der Waals surface area (Å²) in [4.78, 5) is 24.6. The fraction of sp³-hybridized carbons (Fsp3) is 0.308. The molecule has 1 aliphatic heterocycles. The highest BCUT2D eigenvalue weighted by atomic mass is 32.1. The first kappa shape index (κ1) is 12.1. The molecule has 0 aromatic carbocycles. The highest BCUT2D eigenvalue weighted by molar-refractivity contribution is 7.13. The van der Waals surface area contributed by atoms with Gasteiger partial charge in [0.1, 0.15) is 0 Å². The van der Waals surface area contributed by atoms with Crippen LogP contribution in [0.25, 0.3) is 0 Å². The zero-order valence-electron chi connectivity index (χ0n) is 10.4. The van der Waals surface area contributed by atoms with Gasteiger partial charge in [0.05, 0.1) is 0 Å². The minimum absolute atomic E-state index is 0.0844. The second-order valence-electron chi connectivity index (χ2n) is 4.33. The van der Waals surface area contributed by atoms with Crippen LogP contribution in [0.2, 0.25) is 0 Å². The molecule has 2 aromatic rings. The van der Waals surface area contributed by atoms with E-state index in [4.69, 9.17) is 0 Å². The van der Waals surface area contributed by atoms with Crippen LogP contribution in [0.5, 0.6) is 0 Å². The zero-order valence-corrected chi connectivity index (χ0v) is 11.2. The van der Waals surface area contributed by atoms with Crippen LogP contribution in [0, 0.1) is 0 Å². The molecule has 0 N–H and O–H groups in total. The summed E-state index contributed by atoms with van der Waals surface area (Å²) in [6, 6.07) is 3.52. The summed E-state index contributed by atoms with van der Waals surface area (Å²) < 4.78 is 0. The van der Waals surface area contributed by atoms with Crippen molar-refractivity contribution in [2.45, 2.75) is 0 Å². The molecular formula is C13H14N4OS. The molecule has 3 rings (SSSR count). The van der Waals surface area contributed by atoms with Crippen molar-refractivity contribution in [1.29, 1.82) is 0 Å². The van der Waals surface area contributed by atoms with E-state index in [2.05, 4.69) is 14.9 Å². The van der Waals surface area contributed by atoms with E-state index in [9.17, 15) is 4.79 Å². The van der Waals surface area contributed by atoms with Crippen LogP contribution < -0.4 is 4.90 Å². The molecule has 2 aromatic heterocycles. The molecule has 98 valence electrons. The number of carbonyl (C=O) groups excluding carboxylic acids is 1. The Morgan fingerprint density at radius 1 is 1.11 bits per heavy atom. The summed E-state index contributed by atoms with van der Waals surface area (Å²) in [5.41, 5.74) is 0.706. The van der Waals surface area contributed by atoms with E-state index >= 15 is 0 Å². The third kappa shape index (κ3) is 2.58. The number of rotatable bonds is 2. The second-order valence-corrected chi connectivity index (χ2v) is 5.20. The normalized spacial score (nSPS) is 15.6. The van der Waals surface area contributed by atoms with Gasteiger partial charge in [-0.25, -0.2) is 4.98 Å². The Morgan fingerprint density at radius 2 is 1.84 bits per heavy atom. The van der Waals surface area contributed by atoms with Crippen molar-refractivity contribution in [3.63, 3.8) is 0 Å². The number of pyridine rings is 1. The minimum atomic E-state index is 0.0844. The quantitative estimate of drug-likeness (QED) is 0.832. The zero-order chi connectivity index (χ0) is 13.1. The fourth-order valence-electron chi connectivity index (χ4n) is 2.15. The van der Waals surface area contributed by atoms with Crippen molar-refractivity contribution in [2.75, 3.05) is 31.1 Å². The lowest BCUT2D eigenvalue weighted by molar-refractivity contribution is 0.0746. The number of nitrogens with zero attached hydrogens (tertiary/aromatic N) is 4.